The van der Waals surface area contributed by atoms with E-state index in [0.717, 1.165) is 26.2 Å². The highest BCUT2D eigenvalue weighted by Crippen LogP contribution is 2.20. The van der Waals surface area contributed by atoms with E-state index in [9.17, 15) is 4.39 Å². The number of halogens is 2. The minimum atomic E-state index is -0.254. The molecule has 86 valence electrons. The number of anilines is 1. The van der Waals surface area contributed by atoms with E-state index >= 15 is 0 Å². The number of nitrogens with zero attached hydrogens (tertiary/aromatic N) is 2. The second kappa shape index (κ2) is 5.69. The highest BCUT2D eigenvalue weighted by atomic mass is 35.5. The first kappa shape index (κ1) is 12.8. The van der Waals surface area contributed by atoms with Crippen LogP contribution in [0.2, 0.25) is 0 Å². The summed E-state index contributed by atoms with van der Waals surface area (Å²) in [5.74, 6) is -0.254. The van der Waals surface area contributed by atoms with Crippen molar-refractivity contribution in [2.75, 3.05) is 31.1 Å². The Morgan fingerprint density at radius 2 is 2.00 bits per heavy atom. The van der Waals surface area contributed by atoms with Crippen LogP contribution in [0.25, 0.3) is 0 Å². The van der Waals surface area contributed by atoms with Gasteiger partial charge in [-0.15, -0.1) is 12.4 Å². The van der Waals surface area contributed by atoms with E-state index in [1.807, 2.05) is 11.0 Å². The van der Waals surface area contributed by atoms with Gasteiger partial charge in [0.1, 0.15) is 5.82 Å². The lowest BCUT2D eigenvalue weighted by Crippen LogP contribution is -2.43. The number of hydrogen-bond acceptors (Lipinski definition) is 3. The fourth-order valence-electron chi connectivity index (χ4n) is 1.73. The zero-order chi connectivity index (χ0) is 10.7. The number of nitriles is 1. The fraction of sp³-hybridized carbons (Fsp3) is 0.364. The van der Waals surface area contributed by atoms with Gasteiger partial charge >= 0.3 is 0 Å². The number of rotatable bonds is 1. The first-order valence-corrected chi connectivity index (χ1v) is 4.96. The molecule has 1 saturated heterocycles. The van der Waals surface area contributed by atoms with Gasteiger partial charge in [0.2, 0.25) is 0 Å². The van der Waals surface area contributed by atoms with Gasteiger partial charge in [0, 0.05) is 26.2 Å². The van der Waals surface area contributed by atoms with Crippen LogP contribution in [0.5, 0.6) is 0 Å². The standard InChI is InChI=1S/C11H12FN3.ClH/c12-10-2-1-9(8-13)7-11(10)15-5-3-14-4-6-15;/h1-2,7,14H,3-6H2;1H. The molecule has 1 aliphatic heterocycles. The van der Waals surface area contributed by atoms with Crippen molar-refractivity contribution in [3.63, 3.8) is 0 Å². The van der Waals surface area contributed by atoms with E-state index in [-0.39, 0.29) is 18.2 Å². The predicted molar refractivity (Wildman–Crippen MR) is 63.4 cm³/mol. The van der Waals surface area contributed by atoms with Crippen molar-refractivity contribution in [1.29, 1.82) is 5.26 Å². The summed E-state index contributed by atoms with van der Waals surface area (Å²) >= 11 is 0. The molecule has 0 radical (unpaired) electrons. The van der Waals surface area contributed by atoms with Gasteiger partial charge in [-0.25, -0.2) is 4.39 Å². The predicted octanol–water partition coefficient (Wildman–Crippen LogP) is 1.53. The average Bonchev–Trinajstić information content (AvgIpc) is 2.31. The second-order valence-electron chi connectivity index (χ2n) is 3.52. The van der Waals surface area contributed by atoms with Crippen molar-refractivity contribution in [3.8, 4) is 6.07 Å². The smallest absolute Gasteiger partial charge is 0.146 e. The first-order chi connectivity index (χ1) is 7.31. The molecule has 1 aromatic rings. The molecule has 0 saturated carbocycles. The molecule has 3 nitrogen and oxygen atoms in total. The average molecular weight is 242 g/mol. The van der Waals surface area contributed by atoms with Gasteiger partial charge in [-0.05, 0) is 18.2 Å². The number of hydrogen-bond donors (Lipinski definition) is 1. The van der Waals surface area contributed by atoms with Crippen LogP contribution in [0.4, 0.5) is 10.1 Å². The number of nitrogens with one attached hydrogen (secondary N) is 1. The highest BCUT2D eigenvalue weighted by molar-refractivity contribution is 5.85. The molecule has 0 aromatic heterocycles. The van der Waals surface area contributed by atoms with Gasteiger partial charge in [-0.2, -0.15) is 5.26 Å². The lowest BCUT2D eigenvalue weighted by atomic mass is 10.2. The third kappa shape index (κ3) is 2.63. The summed E-state index contributed by atoms with van der Waals surface area (Å²) in [6.07, 6.45) is 0. The van der Waals surface area contributed by atoms with Crippen LogP contribution in [0.1, 0.15) is 5.56 Å². The molecule has 0 bridgehead atoms. The van der Waals surface area contributed by atoms with Crippen LogP contribution in [0.3, 0.4) is 0 Å². The van der Waals surface area contributed by atoms with Crippen molar-refractivity contribution in [3.05, 3.63) is 29.6 Å². The quantitative estimate of drug-likeness (QED) is 0.811. The molecule has 0 amide bonds. The van der Waals surface area contributed by atoms with Gasteiger partial charge in [0.15, 0.2) is 0 Å². The molecule has 1 aromatic carbocycles. The van der Waals surface area contributed by atoms with Crippen molar-refractivity contribution in [2.45, 2.75) is 0 Å². The summed E-state index contributed by atoms with van der Waals surface area (Å²) in [6, 6.07) is 6.49. The molecule has 0 unspecified atom stereocenters. The summed E-state index contributed by atoms with van der Waals surface area (Å²) in [6.45, 7) is 3.28. The van der Waals surface area contributed by atoms with Crippen LogP contribution in [0, 0.1) is 17.1 Å². The third-order valence-electron chi connectivity index (χ3n) is 2.53. The van der Waals surface area contributed by atoms with E-state index in [0.29, 0.717) is 11.3 Å². The monoisotopic (exact) mass is 241 g/mol. The van der Waals surface area contributed by atoms with Crippen molar-refractivity contribution in [2.24, 2.45) is 0 Å². The lowest BCUT2D eigenvalue weighted by Gasteiger charge is -2.29. The Kier molecular flexibility index (Phi) is 4.53. The molecule has 0 spiro atoms. The molecule has 1 heterocycles. The third-order valence-corrected chi connectivity index (χ3v) is 2.53. The molecule has 2 rings (SSSR count). The van der Waals surface area contributed by atoms with Crippen LogP contribution < -0.4 is 10.2 Å². The first-order valence-electron chi connectivity index (χ1n) is 4.96. The summed E-state index contributed by atoms with van der Waals surface area (Å²) in [4.78, 5) is 1.96. The van der Waals surface area contributed by atoms with Gasteiger partial charge in [-0.1, -0.05) is 0 Å². The lowest BCUT2D eigenvalue weighted by molar-refractivity contribution is 0.566. The van der Waals surface area contributed by atoms with Gasteiger partial charge in [0.05, 0.1) is 17.3 Å². The minimum Gasteiger partial charge on any atom is -0.367 e. The zero-order valence-electron chi connectivity index (χ0n) is 8.74. The Hall–Kier alpha value is -1.31. The molecule has 1 fully saturated rings. The van der Waals surface area contributed by atoms with Crippen LogP contribution in [0.15, 0.2) is 18.2 Å². The van der Waals surface area contributed by atoms with Gasteiger partial charge in [0.25, 0.3) is 0 Å². The Balaban J connectivity index is 0.00000128. The Morgan fingerprint density at radius 1 is 1.31 bits per heavy atom. The van der Waals surface area contributed by atoms with Crippen molar-refractivity contribution < 1.29 is 4.39 Å². The summed E-state index contributed by atoms with van der Waals surface area (Å²) < 4.78 is 13.5. The van der Waals surface area contributed by atoms with E-state index in [4.69, 9.17) is 5.26 Å². The van der Waals surface area contributed by atoms with E-state index in [1.54, 1.807) is 6.07 Å². The molecular formula is C11H13ClFN3. The van der Waals surface area contributed by atoms with Crippen LogP contribution in [-0.2, 0) is 0 Å². The summed E-state index contributed by atoms with van der Waals surface area (Å²) in [5, 5.41) is 12.0. The molecule has 5 heteroatoms. The fourth-order valence-corrected chi connectivity index (χ4v) is 1.73. The minimum absolute atomic E-state index is 0. The van der Waals surface area contributed by atoms with Crippen molar-refractivity contribution >= 4 is 18.1 Å². The zero-order valence-corrected chi connectivity index (χ0v) is 9.56. The van der Waals surface area contributed by atoms with E-state index in [2.05, 4.69) is 5.32 Å². The molecule has 0 aliphatic carbocycles. The summed E-state index contributed by atoms with van der Waals surface area (Å²) in [7, 11) is 0. The Labute approximate surface area is 100 Å². The van der Waals surface area contributed by atoms with E-state index < -0.39 is 0 Å². The van der Waals surface area contributed by atoms with Gasteiger partial charge < -0.3 is 10.2 Å². The van der Waals surface area contributed by atoms with Crippen LogP contribution >= 0.6 is 12.4 Å². The summed E-state index contributed by atoms with van der Waals surface area (Å²) in [5.41, 5.74) is 1.04. The maximum absolute atomic E-state index is 13.5. The SMILES string of the molecule is Cl.N#Cc1ccc(F)c(N2CCNCC2)c1. The maximum atomic E-state index is 13.5. The topological polar surface area (TPSA) is 39.1 Å². The molecule has 16 heavy (non-hydrogen) atoms. The normalized spacial score (nSPS) is 15.1. The van der Waals surface area contributed by atoms with Crippen LogP contribution in [-0.4, -0.2) is 26.2 Å². The Morgan fingerprint density at radius 3 is 2.62 bits per heavy atom. The Bertz CT molecular complexity index is 397. The van der Waals surface area contributed by atoms with Crippen molar-refractivity contribution in [1.82, 2.24) is 5.32 Å². The number of benzene rings is 1. The highest BCUT2D eigenvalue weighted by Gasteiger charge is 2.14. The molecule has 0 atom stereocenters. The molecule has 1 N–H and O–H groups in total. The maximum Gasteiger partial charge on any atom is 0.146 e. The molecular weight excluding hydrogens is 229 g/mol. The van der Waals surface area contributed by atoms with E-state index in [1.165, 1.54) is 12.1 Å². The second-order valence-corrected chi connectivity index (χ2v) is 3.52. The largest absolute Gasteiger partial charge is 0.367 e. The number of piperazine rings is 1. The van der Waals surface area contributed by atoms with Gasteiger partial charge in [-0.3, -0.25) is 0 Å². The molecule has 1 aliphatic rings.